The summed E-state index contributed by atoms with van der Waals surface area (Å²) < 4.78 is 5.53. The van der Waals surface area contributed by atoms with E-state index in [-0.39, 0.29) is 29.9 Å². The second-order valence-corrected chi connectivity index (χ2v) is 6.04. The monoisotopic (exact) mass is 354 g/mol. The molecule has 134 valence electrons. The maximum atomic E-state index is 12.2. The normalized spacial score (nSPS) is 13.0. The van der Waals surface area contributed by atoms with Crippen LogP contribution in [0.3, 0.4) is 0 Å². The number of benzene rings is 2. The lowest BCUT2D eigenvalue weighted by Gasteiger charge is -2.13. The summed E-state index contributed by atoms with van der Waals surface area (Å²) in [5, 5.41) is 11.1. The summed E-state index contributed by atoms with van der Waals surface area (Å²) in [5.74, 6) is -0.322. The Morgan fingerprint density at radius 2 is 1.65 bits per heavy atom. The van der Waals surface area contributed by atoms with Gasteiger partial charge in [-0.2, -0.15) is 0 Å². The van der Waals surface area contributed by atoms with Crippen molar-refractivity contribution in [2.24, 2.45) is 0 Å². The van der Waals surface area contributed by atoms with Crippen LogP contribution in [0.25, 0.3) is 0 Å². The number of hydrogen-bond acceptors (Lipinski definition) is 5. The highest BCUT2D eigenvalue weighted by Crippen LogP contribution is 2.30. The number of imide groups is 1. The first kappa shape index (κ1) is 17.6. The second kappa shape index (κ2) is 7.35. The smallest absolute Gasteiger partial charge is 0.313 e. The van der Waals surface area contributed by atoms with Crippen molar-refractivity contribution in [2.45, 2.75) is 19.8 Å². The molecule has 0 atom stereocenters. The Hall–Kier alpha value is -3.22. The summed E-state index contributed by atoms with van der Waals surface area (Å²) in [5.41, 5.74) is 1.37. The summed E-state index contributed by atoms with van der Waals surface area (Å²) in [6.45, 7) is 2.23. The van der Waals surface area contributed by atoms with Gasteiger partial charge in [-0.25, -0.2) is 0 Å². The van der Waals surface area contributed by atoms with Gasteiger partial charge in [0.2, 0.25) is 0 Å². The molecule has 0 aliphatic carbocycles. The van der Waals surface area contributed by atoms with Crippen molar-refractivity contribution in [1.82, 2.24) is 4.90 Å². The van der Waals surface area contributed by atoms with Crippen LogP contribution in [0, 0.1) is 17.0 Å². The van der Waals surface area contributed by atoms with Gasteiger partial charge in [0.25, 0.3) is 11.8 Å². The van der Waals surface area contributed by atoms with Crippen molar-refractivity contribution in [3.8, 4) is 5.75 Å². The number of nitro benzene ring substituents is 1. The van der Waals surface area contributed by atoms with E-state index in [1.54, 1.807) is 49.4 Å². The van der Waals surface area contributed by atoms with Gasteiger partial charge in [0.05, 0.1) is 22.7 Å². The summed E-state index contributed by atoms with van der Waals surface area (Å²) in [4.78, 5) is 36.4. The molecule has 1 aliphatic heterocycles. The zero-order valence-electron chi connectivity index (χ0n) is 14.3. The van der Waals surface area contributed by atoms with Crippen LogP contribution < -0.4 is 4.74 Å². The molecule has 0 radical (unpaired) electrons. The number of ether oxygens (including phenoxy) is 1. The lowest BCUT2D eigenvalue weighted by molar-refractivity contribution is -0.386. The predicted octanol–water partition coefficient (Wildman–Crippen LogP) is 3.36. The van der Waals surface area contributed by atoms with E-state index in [0.29, 0.717) is 36.1 Å². The molecule has 1 aliphatic rings. The summed E-state index contributed by atoms with van der Waals surface area (Å²) >= 11 is 0. The third kappa shape index (κ3) is 3.28. The van der Waals surface area contributed by atoms with E-state index < -0.39 is 4.92 Å². The number of nitro groups is 1. The molecule has 0 saturated heterocycles. The Morgan fingerprint density at radius 1 is 1.00 bits per heavy atom. The van der Waals surface area contributed by atoms with Gasteiger partial charge in [-0.15, -0.1) is 0 Å². The first-order chi connectivity index (χ1) is 12.5. The van der Waals surface area contributed by atoms with Crippen LogP contribution in [0.1, 0.15) is 39.1 Å². The maximum absolute atomic E-state index is 12.2. The first-order valence-corrected chi connectivity index (χ1v) is 8.32. The number of amides is 2. The van der Waals surface area contributed by atoms with Crippen LogP contribution in [0.2, 0.25) is 0 Å². The highest BCUT2D eigenvalue weighted by Gasteiger charge is 2.34. The summed E-state index contributed by atoms with van der Waals surface area (Å²) in [6.07, 6.45) is 1.13. The zero-order valence-corrected chi connectivity index (χ0v) is 14.3. The van der Waals surface area contributed by atoms with Gasteiger partial charge in [-0.1, -0.05) is 24.3 Å². The number of rotatable bonds is 7. The average Bonchev–Trinajstić information content (AvgIpc) is 2.86. The second-order valence-electron chi connectivity index (χ2n) is 6.04. The number of aryl methyl sites for hydroxylation is 1. The van der Waals surface area contributed by atoms with Crippen molar-refractivity contribution >= 4 is 17.5 Å². The predicted molar refractivity (Wildman–Crippen MR) is 94.4 cm³/mol. The van der Waals surface area contributed by atoms with Gasteiger partial charge >= 0.3 is 5.69 Å². The number of carbonyl (C=O) groups is 2. The van der Waals surface area contributed by atoms with Gasteiger partial charge in [0, 0.05) is 12.1 Å². The summed E-state index contributed by atoms with van der Waals surface area (Å²) in [6, 6.07) is 11.7. The minimum Gasteiger partial charge on any atom is -0.487 e. The lowest BCUT2D eigenvalue weighted by atomic mass is 10.1. The number of fused-ring (bicyclic) bond motifs is 1. The SMILES string of the molecule is Cc1cccc(OCCCCN2C(=O)c3ccccc3C2=O)c1[N+](=O)[O-]. The number of unbranched alkanes of at least 4 members (excludes halogenated alkanes) is 1. The minimum atomic E-state index is -0.455. The van der Waals surface area contributed by atoms with Crippen LogP contribution in [0.4, 0.5) is 5.69 Å². The Bertz CT molecular complexity index is 843. The van der Waals surface area contributed by atoms with E-state index >= 15 is 0 Å². The van der Waals surface area contributed by atoms with Crippen LogP contribution in [-0.4, -0.2) is 34.8 Å². The van der Waals surface area contributed by atoms with Crippen molar-refractivity contribution in [2.75, 3.05) is 13.2 Å². The molecule has 0 N–H and O–H groups in total. The number of nitrogens with zero attached hydrogens (tertiary/aromatic N) is 2. The number of hydrogen-bond donors (Lipinski definition) is 0. The van der Waals surface area contributed by atoms with Gasteiger partial charge in [-0.05, 0) is 38.0 Å². The van der Waals surface area contributed by atoms with E-state index in [0.717, 1.165) is 0 Å². The first-order valence-electron chi connectivity index (χ1n) is 8.32. The number of carbonyl (C=O) groups excluding carboxylic acids is 2. The fourth-order valence-electron chi connectivity index (χ4n) is 2.98. The van der Waals surface area contributed by atoms with Crippen LogP contribution in [-0.2, 0) is 0 Å². The molecular formula is C19H18N2O5. The molecule has 3 rings (SSSR count). The molecule has 2 aromatic carbocycles. The molecule has 7 nitrogen and oxygen atoms in total. The van der Waals surface area contributed by atoms with Crippen LogP contribution in [0.15, 0.2) is 42.5 Å². The van der Waals surface area contributed by atoms with Gasteiger partial charge in [0.15, 0.2) is 5.75 Å². The molecular weight excluding hydrogens is 336 g/mol. The zero-order chi connectivity index (χ0) is 18.7. The Kier molecular flexibility index (Phi) is 4.97. The van der Waals surface area contributed by atoms with Crippen LogP contribution in [0.5, 0.6) is 5.75 Å². The Morgan fingerprint density at radius 3 is 2.27 bits per heavy atom. The fraction of sp³-hybridized carbons (Fsp3) is 0.263. The van der Waals surface area contributed by atoms with Crippen molar-refractivity contribution in [1.29, 1.82) is 0 Å². The molecule has 0 aromatic heterocycles. The lowest BCUT2D eigenvalue weighted by Crippen LogP contribution is -2.30. The quantitative estimate of drug-likeness (QED) is 0.329. The third-order valence-electron chi connectivity index (χ3n) is 4.30. The molecule has 0 bridgehead atoms. The largest absolute Gasteiger partial charge is 0.487 e. The Balaban J connectivity index is 1.52. The van der Waals surface area contributed by atoms with Crippen molar-refractivity contribution in [3.05, 3.63) is 69.3 Å². The highest BCUT2D eigenvalue weighted by atomic mass is 16.6. The standard InChI is InChI=1S/C19H18N2O5/c1-13-7-6-10-16(17(13)21(24)25)26-12-5-4-11-20-18(22)14-8-2-3-9-15(14)19(20)23/h2-3,6-10H,4-5,11-12H2,1H3. The van der Waals surface area contributed by atoms with E-state index in [9.17, 15) is 19.7 Å². The number of para-hydroxylation sites is 1. The van der Waals surface area contributed by atoms with Crippen LogP contribution >= 0.6 is 0 Å². The molecule has 0 spiro atoms. The minimum absolute atomic E-state index is 0.0344. The summed E-state index contributed by atoms with van der Waals surface area (Å²) in [7, 11) is 0. The Labute approximate surface area is 150 Å². The van der Waals surface area contributed by atoms with Gasteiger partial charge in [0.1, 0.15) is 0 Å². The highest BCUT2D eigenvalue weighted by molar-refractivity contribution is 6.21. The fourth-order valence-corrected chi connectivity index (χ4v) is 2.98. The molecule has 0 fully saturated rings. The topological polar surface area (TPSA) is 89.8 Å². The molecule has 0 saturated carbocycles. The molecule has 0 unspecified atom stereocenters. The molecule has 2 amide bonds. The van der Waals surface area contributed by atoms with Crippen molar-refractivity contribution in [3.63, 3.8) is 0 Å². The third-order valence-corrected chi connectivity index (χ3v) is 4.30. The van der Waals surface area contributed by atoms with E-state index in [1.807, 2.05) is 0 Å². The van der Waals surface area contributed by atoms with E-state index in [4.69, 9.17) is 4.74 Å². The molecule has 26 heavy (non-hydrogen) atoms. The molecule has 2 aromatic rings. The van der Waals surface area contributed by atoms with E-state index in [2.05, 4.69) is 0 Å². The van der Waals surface area contributed by atoms with E-state index in [1.165, 1.54) is 4.90 Å². The molecule has 7 heteroatoms. The molecule has 1 heterocycles. The maximum Gasteiger partial charge on any atom is 0.313 e. The average molecular weight is 354 g/mol. The van der Waals surface area contributed by atoms with Crippen molar-refractivity contribution < 1.29 is 19.2 Å². The van der Waals surface area contributed by atoms with Gasteiger partial charge in [-0.3, -0.25) is 24.6 Å². The van der Waals surface area contributed by atoms with Gasteiger partial charge < -0.3 is 4.74 Å².